The molecule has 0 aliphatic rings. The first kappa shape index (κ1) is 12.2. The van der Waals surface area contributed by atoms with Crippen LogP contribution in [0.25, 0.3) is 0 Å². The fourth-order valence-electron chi connectivity index (χ4n) is 1.28. The molecule has 1 aromatic rings. The van der Waals surface area contributed by atoms with Gasteiger partial charge in [-0.05, 0) is 18.9 Å². The van der Waals surface area contributed by atoms with E-state index in [-0.39, 0.29) is 12.2 Å². The second-order valence-electron chi connectivity index (χ2n) is 3.85. The van der Waals surface area contributed by atoms with E-state index in [1.165, 1.54) is 6.26 Å². The van der Waals surface area contributed by atoms with E-state index < -0.39 is 15.9 Å². The van der Waals surface area contributed by atoms with Crippen molar-refractivity contribution < 1.29 is 13.5 Å². The molecule has 0 radical (unpaired) electrons. The van der Waals surface area contributed by atoms with E-state index in [0.29, 0.717) is 0 Å². The van der Waals surface area contributed by atoms with Gasteiger partial charge in [0.25, 0.3) is 0 Å². The Kier molecular flexibility index (Phi) is 3.88. The topological polar surface area (TPSA) is 54.4 Å². The van der Waals surface area contributed by atoms with Crippen molar-refractivity contribution in [2.75, 3.05) is 12.0 Å². The summed E-state index contributed by atoms with van der Waals surface area (Å²) in [6.07, 6.45) is 0.733. The number of benzene rings is 1. The number of sulfone groups is 1. The summed E-state index contributed by atoms with van der Waals surface area (Å²) in [5.74, 6) is 0.0159. The Morgan fingerprint density at radius 1 is 1.27 bits per heavy atom. The first-order chi connectivity index (χ1) is 6.88. The minimum Gasteiger partial charge on any atom is -0.388 e. The third-order valence-corrected chi connectivity index (χ3v) is 3.20. The van der Waals surface area contributed by atoms with Crippen LogP contribution in [0.2, 0.25) is 0 Å². The molecule has 0 aliphatic heterocycles. The number of hydrogen-bond acceptors (Lipinski definition) is 3. The molecule has 0 aromatic heterocycles. The third-order valence-electron chi connectivity index (χ3n) is 2.22. The lowest BCUT2D eigenvalue weighted by molar-refractivity contribution is 0.174. The van der Waals surface area contributed by atoms with Crippen molar-refractivity contribution >= 4 is 9.84 Å². The second-order valence-corrected chi connectivity index (χ2v) is 6.10. The molecule has 0 heterocycles. The van der Waals surface area contributed by atoms with Crippen LogP contribution in [0.3, 0.4) is 0 Å². The van der Waals surface area contributed by atoms with Gasteiger partial charge < -0.3 is 5.11 Å². The number of aliphatic hydroxyl groups is 1. The molecule has 0 aliphatic carbocycles. The summed E-state index contributed by atoms with van der Waals surface area (Å²) in [6.45, 7) is 1.96. The van der Waals surface area contributed by atoms with Crippen molar-refractivity contribution in [3.8, 4) is 0 Å². The van der Waals surface area contributed by atoms with E-state index in [1.807, 2.05) is 31.2 Å². The van der Waals surface area contributed by atoms with Gasteiger partial charge in [-0.2, -0.15) is 0 Å². The van der Waals surface area contributed by atoms with E-state index in [9.17, 15) is 13.5 Å². The molecule has 0 spiro atoms. The van der Waals surface area contributed by atoms with E-state index in [2.05, 4.69) is 0 Å². The number of hydrogen-bond donors (Lipinski definition) is 1. The molecule has 1 N–H and O–H groups in total. The summed E-state index contributed by atoms with van der Waals surface area (Å²) in [5, 5.41) is 9.71. The Morgan fingerprint density at radius 2 is 1.80 bits per heavy atom. The highest BCUT2D eigenvalue weighted by Crippen LogP contribution is 2.17. The summed E-state index contributed by atoms with van der Waals surface area (Å²) in [4.78, 5) is 0. The zero-order chi connectivity index (χ0) is 11.5. The van der Waals surface area contributed by atoms with Crippen molar-refractivity contribution in [1.82, 2.24) is 0 Å². The lowest BCUT2D eigenvalue weighted by Crippen LogP contribution is -2.08. The molecule has 3 nitrogen and oxygen atoms in total. The van der Waals surface area contributed by atoms with Gasteiger partial charge in [-0.15, -0.1) is 0 Å². The van der Waals surface area contributed by atoms with Crippen LogP contribution in [-0.2, 0) is 9.84 Å². The van der Waals surface area contributed by atoms with Crippen LogP contribution in [0.5, 0.6) is 0 Å². The fourth-order valence-corrected chi connectivity index (χ4v) is 1.93. The molecule has 4 heteroatoms. The predicted molar refractivity (Wildman–Crippen MR) is 60.5 cm³/mol. The number of aliphatic hydroxyl groups excluding tert-OH is 1. The fraction of sp³-hybridized carbons (Fsp3) is 0.455. The van der Waals surface area contributed by atoms with Crippen LogP contribution < -0.4 is 0 Å². The van der Waals surface area contributed by atoms with E-state index in [4.69, 9.17) is 0 Å². The Bertz CT molecular complexity index is 406. The Hall–Kier alpha value is -0.870. The smallest absolute Gasteiger partial charge is 0.147 e. The van der Waals surface area contributed by atoms with Gasteiger partial charge in [0.1, 0.15) is 9.84 Å². The molecular weight excluding hydrogens is 212 g/mol. The van der Waals surface area contributed by atoms with Crippen molar-refractivity contribution in [2.24, 2.45) is 0 Å². The van der Waals surface area contributed by atoms with Crippen LogP contribution in [0.4, 0.5) is 0 Å². The molecule has 1 unspecified atom stereocenters. The van der Waals surface area contributed by atoms with E-state index in [0.717, 1.165) is 11.1 Å². The maximum Gasteiger partial charge on any atom is 0.147 e. The van der Waals surface area contributed by atoms with Gasteiger partial charge in [-0.1, -0.05) is 29.8 Å². The largest absolute Gasteiger partial charge is 0.388 e. The third kappa shape index (κ3) is 4.44. The van der Waals surface area contributed by atoms with Crippen LogP contribution in [0.15, 0.2) is 24.3 Å². The predicted octanol–water partition coefficient (Wildman–Crippen LogP) is 1.46. The first-order valence-electron chi connectivity index (χ1n) is 4.81. The molecule has 1 rings (SSSR count). The van der Waals surface area contributed by atoms with Gasteiger partial charge in [0.15, 0.2) is 0 Å². The summed E-state index contributed by atoms with van der Waals surface area (Å²) < 4.78 is 21.8. The van der Waals surface area contributed by atoms with Gasteiger partial charge in [0.05, 0.1) is 11.9 Å². The molecule has 15 heavy (non-hydrogen) atoms. The van der Waals surface area contributed by atoms with Gasteiger partial charge in [0, 0.05) is 6.26 Å². The number of rotatable bonds is 4. The lowest BCUT2D eigenvalue weighted by atomic mass is 10.1. The summed E-state index contributed by atoms with van der Waals surface area (Å²) in [5.41, 5.74) is 1.89. The molecule has 1 aromatic carbocycles. The molecule has 0 fully saturated rings. The van der Waals surface area contributed by atoms with Crippen molar-refractivity contribution in [3.05, 3.63) is 35.4 Å². The van der Waals surface area contributed by atoms with Gasteiger partial charge in [-0.25, -0.2) is 8.42 Å². The average Bonchev–Trinajstić information content (AvgIpc) is 2.14. The van der Waals surface area contributed by atoms with E-state index >= 15 is 0 Å². The first-order valence-corrected chi connectivity index (χ1v) is 6.87. The van der Waals surface area contributed by atoms with E-state index in [1.54, 1.807) is 0 Å². The van der Waals surface area contributed by atoms with Crippen LogP contribution in [-0.4, -0.2) is 25.5 Å². The minimum absolute atomic E-state index is 0.0159. The summed E-state index contributed by atoms with van der Waals surface area (Å²) >= 11 is 0. The number of aryl methyl sites for hydroxylation is 1. The normalized spacial score (nSPS) is 13.8. The lowest BCUT2D eigenvalue weighted by Gasteiger charge is -2.10. The second kappa shape index (κ2) is 4.77. The molecule has 1 atom stereocenters. The van der Waals surface area contributed by atoms with Crippen molar-refractivity contribution in [2.45, 2.75) is 19.4 Å². The molecule has 0 amide bonds. The van der Waals surface area contributed by atoms with Gasteiger partial charge in [0.2, 0.25) is 0 Å². The minimum atomic E-state index is -3.00. The Labute approximate surface area is 90.7 Å². The maximum atomic E-state index is 10.9. The molecule has 0 bridgehead atoms. The Balaban J connectivity index is 2.61. The zero-order valence-corrected chi connectivity index (χ0v) is 9.79. The monoisotopic (exact) mass is 228 g/mol. The summed E-state index contributed by atoms with van der Waals surface area (Å²) in [7, 11) is -3.00. The average molecular weight is 228 g/mol. The quantitative estimate of drug-likeness (QED) is 0.849. The highest BCUT2D eigenvalue weighted by molar-refractivity contribution is 7.90. The highest BCUT2D eigenvalue weighted by atomic mass is 32.2. The van der Waals surface area contributed by atoms with Crippen molar-refractivity contribution in [1.29, 1.82) is 0 Å². The molecule has 0 saturated carbocycles. The van der Waals surface area contributed by atoms with Crippen LogP contribution in [0, 0.1) is 6.92 Å². The molecule has 0 saturated heterocycles. The van der Waals surface area contributed by atoms with Crippen LogP contribution in [0.1, 0.15) is 23.7 Å². The van der Waals surface area contributed by atoms with Crippen molar-refractivity contribution in [3.63, 3.8) is 0 Å². The SMILES string of the molecule is Cc1ccc(C(O)CCS(C)(=O)=O)cc1. The van der Waals surface area contributed by atoms with Gasteiger partial charge >= 0.3 is 0 Å². The zero-order valence-electron chi connectivity index (χ0n) is 8.97. The molecule has 84 valence electrons. The summed E-state index contributed by atoms with van der Waals surface area (Å²) in [6, 6.07) is 7.45. The van der Waals surface area contributed by atoms with Crippen LogP contribution >= 0.6 is 0 Å². The molecular formula is C11H16O3S. The highest BCUT2D eigenvalue weighted by Gasteiger charge is 2.10. The standard InChI is InChI=1S/C11H16O3S/c1-9-3-5-10(6-4-9)11(12)7-8-15(2,13)14/h3-6,11-12H,7-8H2,1-2H3. The van der Waals surface area contributed by atoms with Gasteiger partial charge in [-0.3, -0.25) is 0 Å². The maximum absolute atomic E-state index is 10.9. The Morgan fingerprint density at radius 3 is 2.27 bits per heavy atom.